The number of nitrogens with one attached hydrogen (secondary N) is 2. The Labute approximate surface area is 201 Å². The lowest BCUT2D eigenvalue weighted by molar-refractivity contribution is -0.140. The van der Waals surface area contributed by atoms with E-state index in [-0.39, 0.29) is 24.0 Å². The number of piperidine rings is 1. The van der Waals surface area contributed by atoms with Crippen LogP contribution >= 0.6 is 35.3 Å². The Morgan fingerprint density at radius 3 is 2.61 bits per heavy atom. The van der Waals surface area contributed by atoms with Crippen LogP contribution in [-0.4, -0.2) is 48.1 Å². The Balaban J connectivity index is 0.00000341. The Hall–Kier alpha value is -1.63. The summed E-state index contributed by atoms with van der Waals surface area (Å²) in [6.45, 7) is 6.93. The van der Waals surface area contributed by atoms with E-state index < -0.39 is 11.9 Å². The molecule has 0 aliphatic carbocycles. The lowest BCUT2D eigenvalue weighted by Gasteiger charge is -2.33. The van der Waals surface area contributed by atoms with Crippen molar-refractivity contribution in [3.63, 3.8) is 0 Å². The van der Waals surface area contributed by atoms with Crippen LogP contribution in [0.15, 0.2) is 28.7 Å². The Bertz CT molecular complexity index is 832. The van der Waals surface area contributed by atoms with E-state index in [0.717, 1.165) is 54.0 Å². The van der Waals surface area contributed by atoms with Gasteiger partial charge < -0.3 is 15.5 Å². The molecule has 0 spiro atoms. The molecule has 2 aromatic heterocycles. The zero-order chi connectivity index (χ0) is 21.6. The number of anilines is 1. The van der Waals surface area contributed by atoms with E-state index >= 15 is 0 Å². The first-order chi connectivity index (χ1) is 14.3. The minimum absolute atomic E-state index is 0. The van der Waals surface area contributed by atoms with Gasteiger partial charge in [-0.15, -0.1) is 35.3 Å². The normalized spacial score (nSPS) is 15.5. The van der Waals surface area contributed by atoms with Crippen LogP contribution in [0.4, 0.5) is 19.0 Å². The summed E-state index contributed by atoms with van der Waals surface area (Å²) in [5, 5.41) is 8.16. The zero-order valence-electron chi connectivity index (χ0n) is 17.6. The standard InChI is InChI=1S/C20H27F3N6S.HI/c1-3-24-19(25-9-6-18-28-16(13-30-18)20(21,22)23)27-15-7-10-29(11-8-15)17-5-4-14(2)12-26-17;/h4-5,12-13,15H,3,6-11H2,1-2H3,(H2,24,25,27);1H. The van der Waals surface area contributed by atoms with Gasteiger partial charge in [0.15, 0.2) is 11.7 Å². The molecule has 0 atom stereocenters. The first kappa shape index (κ1) is 25.6. The van der Waals surface area contributed by atoms with Gasteiger partial charge in [0.25, 0.3) is 0 Å². The molecular formula is C20H28F3IN6S. The highest BCUT2D eigenvalue weighted by molar-refractivity contribution is 14.0. The smallest absolute Gasteiger partial charge is 0.357 e. The number of aryl methyl sites for hydroxylation is 1. The first-order valence-electron chi connectivity index (χ1n) is 10.1. The lowest BCUT2D eigenvalue weighted by atomic mass is 10.1. The molecule has 1 aliphatic rings. The molecule has 11 heteroatoms. The Kier molecular flexibility index (Phi) is 9.79. The van der Waals surface area contributed by atoms with E-state index in [2.05, 4.69) is 42.6 Å². The molecule has 2 N–H and O–H groups in total. The van der Waals surface area contributed by atoms with Crippen molar-refractivity contribution in [1.29, 1.82) is 0 Å². The monoisotopic (exact) mass is 568 g/mol. The largest absolute Gasteiger partial charge is 0.434 e. The fourth-order valence-corrected chi connectivity index (χ4v) is 4.03. The molecule has 1 fully saturated rings. The van der Waals surface area contributed by atoms with Gasteiger partial charge in [0.05, 0.1) is 5.01 Å². The maximum absolute atomic E-state index is 12.7. The van der Waals surface area contributed by atoms with Gasteiger partial charge in [-0.2, -0.15) is 13.2 Å². The summed E-state index contributed by atoms with van der Waals surface area (Å²) in [5.74, 6) is 1.69. The van der Waals surface area contributed by atoms with Gasteiger partial charge in [-0.25, -0.2) is 9.97 Å². The Morgan fingerprint density at radius 1 is 1.29 bits per heavy atom. The number of halogens is 4. The van der Waals surface area contributed by atoms with E-state index in [0.29, 0.717) is 36.5 Å². The number of rotatable bonds is 6. The van der Waals surface area contributed by atoms with Crippen LogP contribution < -0.4 is 15.5 Å². The summed E-state index contributed by atoms with van der Waals surface area (Å²) in [6, 6.07) is 4.42. The van der Waals surface area contributed by atoms with Crippen molar-refractivity contribution in [2.45, 2.75) is 45.3 Å². The lowest BCUT2D eigenvalue weighted by Crippen LogP contribution is -2.49. The van der Waals surface area contributed by atoms with Crippen molar-refractivity contribution in [3.8, 4) is 0 Å². The predicted molar refractivity (Wildman–Crippen MR) is 130 cm³/mol. The van der Waals surface area contributed by atoms with Crippen molar-refractivity contribution in [1.82, 2.24) is 20.6 Å². The molecule has 3 rings (SSSR count). The molecule has 6 nitrogen and oxygen atoms in total. The fraction of sp³-hybridized carbons (Fsp3) is 0.550. The molecule has 0 radical (unpaired) electrons. The van der Waals surface area contributed by atoms with Crippen LogP contribution in [0.3, 0.4) is 0 Å². The van der Waals surface area contributed by atoms with Gasteiger partial charge in [0.1, 0.15) is 5.82 Å². The van der Waals surface area contributed by atoms with E-state index in [1.54, 1.807) is 0 Å². The van der Waals surface area contributed by atoms with Gasteiger partial charge >= 0.3 is 6.18 Å². The maximum atomic E-state index is 12.7. The highest BCUT2D eigenvalue weighted by Gasteiger charge is 2.33. The third-order valence-electron chi connectivity index (χ3n) is 4.84. The summed E-state index contributed by atoms with van der Waals surface area (Å²) < 4.78 is 38.0. The second-order valence-corrected chi connectivity index (χ2v) is 8.18. The number of thiazole rings is 1. The third-order valence-corrected chi connectivity index (χ3v) is 5.75. The van der Waals surface area contributed by atoms with Crippen molar-refractivity contribution in [2.75, 3.05) is 31.1 Å². The molecule has 1 aliphatic heterocycles. The van der Waals surface area contributed by atoms with Crippen LogP contribution in [0.1, 0.15) is 36.0 Å². The zero-order valence-corrected chi connectivity index (χ0v) is 20.7. The molecule has 0 bridgehead atoms. The SMILES string of the molecule is CCNC(=NCCc1nc(C(F)(F)F)cs1)NC1CCN(c2ccc(C)cn2)CC1.I. The number of guanidine groups is 1. The average Bonchev–Trinajstić information content (AvgIpc) is 3.19. The molecule has 0 amide bonds. The van der Waals surface area contributed by atoms with Gasteiger partial charge in [0.2, 0.25) is 0 Å². The number of aliphatic imine (C=N–C) groups is 1. The van der Waals surface area contributed by atoms with Gasteiger partial charge in [0, 0.05) is 50.2 Å². The van der Waals surface area contributed by atoms with Crippen molar-refractivity contribution >= 4 is 47.1 Å². The molecule has 3 heterocycles. The quantitative estimate of drug-likeness (QED) is 0.310. The van der Waals surface area contributed by atoms with Crippen LogP contribution in [0, 0.1) is 6.92 Å². The second kappa shape index (κ2) is 11.8. The summed E-state index contributed by atoms with van der Waals surface area (Å²) >= 11 is 1.02. The number of hydrogen-bond donors (Lipinski definition) is 2. The summed E-state index contributed by atoms with van der Waals surface area (Å²) in [5.41, 5.74) is 0.320. The van der Waals surface area contributed by atoms with E-state index in [9.17, 15) is 13.2 Å². The molecule has 1 saturated heterocycles. The van der Waals surface area contributed by atoms with Crippen LogP contribution in [-0.2, 0) is 12.6 Å². The number of nitrogens with zero attached hydrogens (tertiary/aromatic N) is 4. The molecular weight excluding hydrogens is 540 g/mol. The number of aromatic nitrogens is 2. The van der Waals surface area contributed by atoms with Gasteiger partial charge in [-0.1, -0.05) is 6.07 Å². The molecule has 0 unspecified atom stereocenters. The molecule has 31 heavy (non-hydrogen) atoms. The van der Waals surface area contributed by atoms with Crippen LogP contribution in [0.5, 0.6) is 0 Å². The number of hydrogen-bond acceptors (Lipinski definition) is 5. The van der Waals surface area contributed by atoms with Crippen LogP contribution in [0.25, 0.3) is 0 Å². The highest BCUT2D eigenvalue weighted by atomic mass is 127. The molecule has 172 valence electrons. The number of alkyl halides is 3. The van der Waals surface area contributed by atoms with Crippen molar-refractivity contribution < 1.29 is 13.2 Å². The maximum Gasteiger partial charge on any atom is 0.434 e. The second-order valence-electron chi connectivity index (χ2n) is 7.23. The van der Waals surface area contributed by atoms with Crippen molar-refractivity contribution in [2.24, 2.45) is 4.99 Å². The molecule has 2 aromatic rings. The number of pyridine rings is 1. The topological polar surface area (TPSA) is 65.4 Å². The first-order valence-corrected chi connectivity index (χ1v) is 11.0. The van der Waals surface area contributed by atoms with E-state index in [4.69, 9.17) is 0 Å². The predicted octanol–water partition coefficient (Wildman–Crippen LogP) is 4.25. The summed E-state index contributed by atoms with van der Waals surface area (Å²) in [4.78, 5) is 14.9. The summed E-state index contributed by atoms with van der Waals surface area (Å²) in [7, 11) is 0. The minimum Gasteiger partial charge on any atom is -0.357 e. The Morgan fingerprint density at radius 2 is 2.03 bits per heavy atom. The third kappa shape index (κ3) is 7.78. The highest BCUT2D eigenvalue weighted by Crippen LogP contribution is 2.30. The molecule has 0 saturated carbocycles. The molecule has 0 aromatic carbocycles. The van der Waals surface area contributed by atoms with E-state index in [1.807, 2.05) is 20.0 Å². The average molecular weight is 568 g/mol. The van der Waals surface area contributed by atoms with Gasteiger partial charge in [-0.05, 0) is 38.3 Å². The fourth-order valence-electron chi connectivity index (χ4n) is 3.23. The summed E-state index contributed by atoms with van der Waals surface area (Å²) in [6.07, 6.45) is -0.204. The van der Waals surface area contributed by atoms with Crippen molar-refractivity contribution in [3.05, 3.63) is 40.0 Å². The minimum atomic E-state index is -4.39. The van der Waals surface area contributed by atoms with E-state index in [1.165, 1.54) is 0 Å². The van der Waals surface area contributed by atoms with Crippen LogP contribution in [0.2, 0.25) is 0 Å². The van der Waals surface area contributed by atoms with Gasteiger partial charge in [-0.3, -0.25) is 4.99 Å².